The molecule has 0 radical (unpaired) electrons. The second-order valence-electron chi connectivity index (χ2n) is 7.27. The highest BCUT2D eigenvalue weighted by atomic mass is 35.5. The van der Waals surface area contributed by atoms with E-state index in [4.69, 9.17) is 21.3 Å². The first-order chi connectivity index (χ1) is 13.2. The van der Waals surface area contributed by atoms with Crippen molar-refractivity contribution in [1.82, 2.24) is 4.98 Å². The van der Waals surface area contributed by atoms with Gasteiger partial charge in [-0.05, 0) is 67.8 Å². The van der Waals surface area contributed by atoms with E-state index >= 15 is 0 Å². The summed E-state index contributed by atoms with van der Waals surface area (Å²) in [6.45, 7) is 5.46. The summed E-state index contributed by atoms with van der Waals surface area (Å²) in [6.07, 6.45) is 3.75. The monoisotopic (exact) mass is 381 g/mol. The highest BCUT2D eigenvalue weighted by Crippen LogP contribution is 2.36. The maximum Gasteiger partial charge on any atom is 0.119 e. The third-order valence-corrected chi connectivity index (χ3v) is 5.90. The van der Waals surface area contributed by atoms with Crippen LogP contribution in [0.5, 0.6) is 5.75 Å². The number of halogens is 1. The van der Waals surface area contributed by atoms with Gasteiger partial charge in [0, 0.05) is 28.9 Å². The molecule has 5 heteroatoms. The Bertz CT molecular complexity index is 988. The maximum absolute atomic E-state index is 6.21. The van der Waals surface area contributed by atoms with E-state index in [1.165, 1.54) is 19.3 Å². The quantitative estimate of drug-likeness (QED) is 0.448. The lowest BCUT2D eigenvalue weighted by Crippen LogP contribution is -2.20. The van der Waals surface area contributed by atoms with Crippen molar-refractivity contribution in [3.63, 3.8) is 0 Å². The van der Waals surface area contributed by atoms with Gasteiger partial charge in [-0.3, -0.25) is 0 Å². The van der Waals surface area contributed by atoms with Crippen molar-refractivity contribution < 1.29 is 4.74 Å². The number of hydrogen-bond acceptors (Lipinski definition) is 4. The maximum atomic E-state index is 6.21. The number of fused-ring (bicyclic) bond motifs is 2. The molecule has 4 rings (SSSR count). The first-order valence-corrected chi connectivity index (χ1v) is 9.80. The molecule has 27 heavy (non-hydrogen) atoms. The molecule has 2 unspecified atom stereocenters. The lowest BCUT2D eigenvalue weighted by Gasteiger charge is -2.21. The lowest BCUT2D eigenvalue weighted by atomic mass is 9.95. The molecule has 1 heterocycles. The van der Waals surface area contributed by atoms with Crippen LogP contribution in [0.25, 0.3) is 21.8 Å². The zero-order chi connectivity index (χ0) is 18.8. The molecule has 2 aromatic carbocycles. The Morgan fingerprint density at radius 2 is 2.00 bits per heavy atom. The molecule has 1 N–H and O–H groups in total. The molecule has 1 aliphatic rings. The van der Waals surface area contributed by atoms with E-state index < -0.39 is 0 Å². The summed E-state index contributed by atoms with van der Waals surface area (Å²) in [5.41, 5.74) is 2.94. The van der Waals surface area contributed by atoms with Gasteiger partial charge in [0.05, 0.1) is 23.8 Å². The van der Waals surface area contributed by atoms with Crippen LogP contribution < -0.4 is 10.1 Å². The fraction of sp³-hybridized carbons (Fsp3) is 0.364. The zero-order valence-corrected chi connectivity index (χ0v) is 16.3. The zero-order valence-electron chi connectivity index (χ0n) is 15.5. The first kappa shape index (κ1) is 18.1. The van der Waals surface area contributed by atoms with E-state index in [2.05, 4.69) is 23.1 Å². The van der Waals surface area contributed by atoms with Gasteiger partial charge < -0.3 is 15.0 Å². The number of rotatable bonds is 6. The van der Waals surface area contributed by atoms with Gasteiger partial charge in [0.1, 0.15) is 5.75 Å². The van der Waals surface area contributed by atoms with Gasteiger partial charge >= 0.3 is 0 Å². The van der Waals surface area contributed by atoms with E-state index in [0.717, 1.165) is 46.3 Å². The van der Waals surface area contributed by atoms with Crippen LogP contribution in [0.15, 0.2) is 41.4 Å². The van der Waals surface area contributed by atoms with Crippen LogP contribution in [-0.2, 0) is 0 Å². The molecule has 0 saturated heterocycles. The molecule has 2 atom stereocenters. The van der Waals surface area contributed by atoms with Crippen molar-refractivity contribution in [2.45, 2.75) is 19.3 Å². The minimum atomic E-state index is 0.617. The van der Waals surface area contributed by atoms with E-state index in [1.54, 1.807) is 7.11 Å². The van der Waals surface area contributed by atoms with Gasteiger partial charge in [-0.1, -0.05) is 18.0 Å². The molecule has 1 aliphatic carbocycles. The van der Waals surface area contributed by atoms with Crippen LogP contribution in [0.4, 0.5) is 5.69 Å². The number of methoxy groups -OCH3 is 1. The molecule has 3 aromatic rings. The third-order valence-electron chi connectivity index (χ3n) is 5.66. The number of nitrogens with one attached hydrogen (secondary N) is 1. The molecule has 0 bridgehead atoms. The number of nitrogens with zero attached hydrogens (tertiary/aromatic N) is 2. The third kappa shape index (κ3) is 3.59. The molecule has 1 aromatic heterocycles. The van der Waals surface area contributed by atoms with Gasteiger partial charge in [-0.15, -0.1) is 0 Å². The van der Waals surface area contributed by atoms with Crippen molar-refractivity contribution >= 4 is 45.8 Å². The Kier molecular flexibility index (Phi) is 5.17. The van der Waals surface area contributed by atoms with E-state index in [-0.39, 0.29) is 0 Å². The highest BCUT2D eigenvalue weighted by molar-refractivity contribution is 6.31. The van der Waals surface area contributed by atoms with Crippen LogP contribution in [0, 0.1) is 11.8 Å². The molecule has 1 fully saturated rings. The van der Waals surface area contributed by atoms with E-state index in [1.807, 2.05) is 30.3 Å². The van der Waals surface area contributed by atoms with Gasteiger partial charge in [0.2, 0.25) is 0 Å². The highest BCUT2D eigenvalue weighted by Gasteiger charge is 2.26. The summed E-state index contributed by atoms with van der Waals surface area (Å²) in [6, 6.07) is 11.9. The molecule has 4 nitrogen and oxygen atoms in total. The molecule has 0 spiro atoms. The van der Waals surface area contributed by atoms with Gasteiger partial charge in [0.15, 0.2) is 0 Å². The Hall–Kier alpha value is -2.33. The SMILES string of the molecule is C=NCC1CCCC1CNc1c2ccc(Cl)cc2nc2ccc(OC)cc12. The molecule has 140 valence electrons. The molecule has 1 saturated carbocycles. The van der Waals surface area contributed by atoms with E-state index in [9.17, 15) is 0 Å². The van der Waals surface area contributed by atoms with Crippen LogP contribution in [0.1, 0.15) is 19.3 Å². The average Bonchev–Trinajstić information content (AvgIpc) is 3.12. The first-order valence-electron chi connectivity index (χ1n) is 9.43. The van der Waals surface area contributed by atoms with Crippen molar-refractivity contribution in [3.8, 4) is 5.75 Å². The smallest absolute Gasteiger partial charge is 0.119 e. The molecule has 0 amide bonds. The number of anilines is 1. The van der Waals surface area contributed by atoms with E-state index in [0.29, 0.717) is 16.9 Å². The Morgan fingerprint density at radius 1 is 1.15 bits per heavy atom. The normalized spacial score (nSPS) is 19.5. The summed E-state index contributed by atoms with van der Waals surface area (Å²) in [5.74, 6) is 2.07. The van der Waals surface area contributed by atoms with Gasteiger partial charge in [-0.2, -0.15) is 0 Å². The van der Waals surface area contributed by atoms with Crippen LogP contribution >= 0.6 is 11.6 Å². The number of benzene rings is 2. The second-order valence-corrected chi connectivity index (χ2v) is 7.71. The van der Waals surface area contributed by atoms with Crippen molar-refractivity contribution in [1.29, 1.82) is 0 Å². The summed E-state index contributed by atoms with van der Waals surface area (Å²) < 4.78 is 5.44. The second kappa shape index (κ2) is 7.73. The Labute approximate surface area is 164 Å². The Morgan fingerprint density at radius 3 is 2.81 bits per heavy atom. The number of pyridine rings is 1. The fourth-order valence-electron chi connectivity index (χ4n) is 4.24. The average molecular weight is 382 g/mol. The minimum absolute atomic E-state index is 0.617. The standard InChI is InChI=1S/C22H24ClN3O/c1-24-12-14-4-3-5-15(14)13-25-22-18-8-6-16(23)10-21(18)26-20-9-7-17(27-2)11-19(20)22/h6-11,14-15H,1,3-5,12-13H2,2H3,(H,25,26). The number of aliphatic imine (C=N–C) groups is 1. The van der Waals surface area contributed by atoms with Gasteiger partial charge in [-0.25, -0.2) is 4.98 Å². The number of hydrogen-bond donors (Lipinski definition) is 1. The minimum Gasteiger partial charge on any atom is -0.497 e. The predicted octanol–water partition coefficient (Wildman–Crippen LogP) is 5.58. The molecule has 0 aliphatic heterocycles. The molecular formula is C22H24ClN3O. The Balaban J connectivity index is 1.76. The van der Waals surface area contributed by atoms with Crippen molar-refractivity contribution in [2.24, 2.45) is 16.8 Å². The topological polar surface area (TPSA) is 46.5 Å². The summed E-state index contributed by atoms with van der Waals surface area (Å²) in [4.78, 5) is 8.93. The van der Waals surface area contributed by atoms with Crippen LogP contribution in [0.2, 0.25) is 5.02 Å². The van der Waals surface area contributed by atoms with Crippen LogP contribution in [0.3, 0.4) is 0 Å². The van der Waals surface area contributed by atoms with Crippen LogP contribution in [-0.4, -0.2) is 31.9 Å². The van der Waals surface area contributed by atoms with Crippen molar-refractivity contribution in [3.05, 3.63) is 41.4 Å². The fourth-order valence-corrected chi connectivity index (χ4v) is 4.40. The summed E-state index contributed by atoms with van der Waals surface area (Å²) in [5, 5.41) is 6.58. The molecular weight excluding hydrogens is 358 g/mol. The number of aromatic nitrogens is 1. The van der Waals surface area contributed by atoms with Crippen molar-refractivity contribution in [2.75, 3.05) is 25.5 Å². The summed E-state index contributed by atoms with van der Waals surface area (Å²) >= 11 is 6.21. The summed E-state index contributed by atoms with van der Waals surface area (Å²) in [7, 11) is 1.69. The number of ether oxygens (including phenoxy) is 1. The lowest BCUT2D eigenvalue weighted by molar-refractivity contribution is 0.415. The van der Waals surface area contributed by atoms with Gasteiger partial charge in [0.25, 0.3) is 0 Å². The largest absolute Gasteiger partial charge is 0.497 e. The predicted molar refractivity (Wildman–Crippen MR) is 115 cm³/mol.